The number of rotatable bonds is 4. The zero-order valence-corrected chi connectivity index (χ0v) is 10.5. The van der Waals surface area contributed by atoms with E-state index in [9.17, 15) is 0 Å². The summed E-state index contributed by atoms with van der Waals surface area (Å²) in [6, 6.07) is 1.70. The third-order valence-electron chi connectivity index (χ3n) is 3.65. The van der Waals surface area contributed by atoms with E-state index in [-0.39, 0.29) is 0 Å². The molecule has 1 heterocycles. The maximum Gasteiger partial charge on any atom is 0.224 e. The first-order chi connectivity index (χ1) is 8.24. The Labute approximate surface area is 103 Å². The Hall–Kier alpha value is -1.32. The Kier molecular flexibility index (Phi) is 4.18. The molecular weight excluding hydrogens is 212 g/mol. The van der Waals surface area contributed by atoms with Crippen molar-refractivity contribution in [1.29, 1.82) is 0 Å². The molecule has 3 N–H and O–H groups in total. The van der Waals surface area contributed by atoms with E-state index in [0.717, 1.165) is 18.4 Å². The Morgan fingerprint density at radius 2 is 2.12 bits per heavy atom. The fourth-order valence-corrected chi connectivity index (χ4v) is 2.46. The topological polar surface area (TPSA) is 63.8 Å². The van der Waals surface area contributed by atoms with Gasteiger partial charge in [-0.25, -0.2) is 4.98 Å². The summed E-state index contributed by atoms with van der Waals surface area (Å²) in [4.78, 5) is 8.26. The molecular formula is C13H22N4. The lowest BCUT2D eigenvalue weighted by atomic mass is 9.81. The van der Waals surface area contributed by atoms with Crippen LogP contribution in [0.2, 0.25) is 0 Å². The van der Waals surface area contributed by atoms with Crippen molar-refractivity contribution in [2.75, 3.05) is 17.6 Å². The molecule has 0 unspecified atom stereocenters. The molecule has 4 nitrogen and oxygen atoms in total. The van der Waals surface area contributed by atoms with E-state index >= 15 is 0 Å². The van der Waals surface area contributed by atoms with E-state index in [2.05, 4.69) is 22.2 Å². The maximum absolute atomic E-state index is 5.60. The van der Waals surface area contributed by atoms with Gasteiger partial charge >= 0.3 is 0 Å². The molecule has 0 atom stereocenters. The lowest BCUT2D eigenvalue weighted by molar-refractivity contribution is 0.282. The van der Waals surface area contributed by atoms with E-state index in [1.807, 2.05) is 0 Å². The van der Waals surface area contributed by atoms with Crippen LogP contribution >= 0.6 is 0 Å². The van der Waals surface area contributed by atoms with Crippen LogP contribution in [0.15, 0.2) is 12.3 Å². The summed E-state index contributed by atoms with van der Waals surface area (Å²) < 4.78 is 0. The van der Waals surface area contributed by atoms with E-state index in [1.54, 1.807) is 12.3 Å². The molecule has 1 aliphatic carbocycles. The minimum atomic E-state index is 0.522. The third kappa shape index (κ3) is 3.88. The van der Waals surface area contributed by atoms with Crippen LogP contribution in [0.5, 0.6) is 0 Å². The molecule has 0 spiro atoms. The monoisotopic (exact) mass is 234 g/mol. The summed E-state index contributed by atoms with van der Waals surface area (Å²) in [5.41, 5.74) is 5.60. The van der Waals surface area contributed by atoms with Crippen molar-refractivity contribution < 1.29 is 0 Å². The molecule has 94 valence electrons. The van der Waals surface area contributed by atoms with Gasteiger partial charge in [-0.05, 0) is 24.3 Å². The summed E-state index contributed by atoms with van der Waals surface area (Å²) >= 11 is 0. The summed E-state index contributed by atoms with van der Waals surface area (Å²) in [5.74, 6) is 2.97. The second-order valence-corrected chi connectivity index (χ2v) is 5.15. The molecule has 0 radical (unpaired) electrons. The van der Waals surface area contributed by atoms with Crippen molar-refractivity contribution in [3.05, 3.63) is 12.3 Å². The van der Waals surface area contributed by atoms with Gasteiger partial charge in [0.25, 0.3) is 0 Å². The first-order valence-corrected chi connectivity index (χ1v) is 6.56. The van der Waals surface area contributed by atoms with Crippen molar-refractivity contribution in [3.63, 3.8) is 0 Å². The zero-order chi connectivity index (χ0) is 12.1. The Morgan fingerprint density at radius 3 is 2.82 bits per heavy atom. The lowest BCUT2D eigenvalue weighted by Crippen LogP contribution is -2.16. The molecule has 17 heavy (non-hydrogen) atoms. The fraction of sp³-hybridized carbons (Fsp3) is 0.692. The fourth-order valence-electron chi connectivity index (χ4n) is 2.46. The highest BCUT2D eigenvalue weighted by atomic mass is 15.1. The molecule has 1 saturated carbocycles. The Balaban J connectivity index is 1.69. The van der Waals surface area contributed by atoms with Crippen molar-refractivity contribution in [2.24, 2.45) is 11.8 Å². The maximum atomic E-state index is 5.60. The van der Waals surface area contributed by atoms with Gasteiger partial charge in [0.1, 0.15) is 5.82 Å². The normalized spacial score (nSPS) is 24.5. The number of nitrogens with one attached hydrogen (secondary N) is 1. The molecule has 2 rings (SSSR count). The van der Waals surface area contributed by atoms with Gasteiger partial charge in [0, 0.05) is 12.7 Å². The summed E-state index contributed by atoms with van der Waals surface area (Å²) in [7, 11) is 0. The Morgan fingerprint density at radius 1 is 1.35 bits per heavy atom. The average molecular weight is 234 g/mol. The smallest absolute Gasteiger partial charge is 0.224 e. The molecule has 0 amide bonds. The van der Waals surface area contributed by atoms with E-state index in [0.29, 0.717) is 11.8 Å². The quantitative estimate of drug-likeness (QED) is 0.840. The SMILES string of the molecule is CC1CCC(CCNc2nccc(N)n2)CC1. The standard InChI is InChI=1S/C13H22N4/c1-10-2-4-11(5-3-10)6-8-15-13-16-9-7-12(14)17-13/h7,9-11H,2-6,8H2,1H3,(H3,14,15,16,17). The molecule has 0 aliphatic heterocycles. The average Bonchev–Trinajstić information content (AvgIpc) is 2.32. The highest BCUT2D eigenvalue weighted by Gasteiger charge is 2.17. The van der Waals surface area contributed by atoms with Crippen LogP contribution in [0.3, 0.4) is 0 Å². The second-order valence-electron chi connectivity index (χ2n) is 5.15. The van der Waals surface area contributed by atoms with Crippen LogP contribution in [-0.2, 0) is 0 Å². The van der Waals surface area contributed by atoms with Crippen LogP contribution in [0, 0.1) is 11.8 Å². The summed E-state index contributed by atoms with van der Waals surface area (Å²) in [5, 5.41) is 3.24. The van der Waals surface area contributed by atoms with Gasteiger partial charge in [-0.1, -0.05) is 32.6 Å². The molecule has 0 aromatic carbocycles. The minimum Gasteiger partial charge on any atom is -0.384 e. The van der Waals surface area contributed by atoms with Crippen molar-refractivity contribution in [1.82, 2.24) is 9.97 Å². The number of nitrogens with zero attached hydrogens (tertiary/aromatic N) is 2. The largest absolute Gasteiger partial charge is 0.384 e. The van der Waals surface area contributed by atoms with Gasteiger partial charge in [-0.2, -0.15) is 4.98 Å². The number of nitrogens with two attached hydrogens (primary N) is 1. The van der Waals surface area contributed by atoms with E-state index in [4.69, 9.17) is 5.73 Å². The van der Waals surface area contributed by atoms with Crippen molar-refractivity contribution in [2.45, 2.75) is 39.0 Å². The first-order valence-electron chi connectivity index (χ1n) is 6.56. The molecule has 4 heteroatoms. The van der Waals surface area contributed by atoms with Crippen LogP contribution in [0.4, 0.5) is 11.8 Å². The predicted octanol–water partition coefficient (Wildman–Crippen LogP) is 2.69. The summed E-state index contributed by atoms with van der Waals surface area (Å²) in [6.07, 6.45) is 8.43. The van der Waals surface area contributed by atoms with Gasteiger partial charge in [-0.3, -0.25) is 0 Å². The van der Waals surface area contributed by atoms with E-state index in [1.165, 1.54) is 32.1 Å². The molecule has 0 bridgehead atoms. The number of nitrogen functional groups attached to an aromatic ring is 1. The van der Waals surface area contributed by atoms with Crippen molar-refractivity contribution in [3.8, 4) is 0 Å². The lowest BCUT2D eigenvalue weighted by Gasteiger charge is -2.26. The van der Waals surface area contributed by atoms with Gasteiger partial charge in [0.15, 0.2) is 0 Å². The Bertz CT molecular complexity index is 345. The number of aromatic nitrogens is 2. The summed E-state index contributed by atoms with van der Waals surface area (Å²) in [6.45, 7) is 3.30. The van der Waals surface area contributed by atoms with Gasteiger partial charge in [-0.15, -0.1) is 0 Å². The second kappa shape index (κ2) is 5.84. The first kappa shape index (κ1) is 12.1. The number of hydrogen-bond acceptors (Lipinski definition) is 4. The van der Waals surface area contributed by atoms with Gasteiger partial charge in [0.05, 0.1) is 0 Å². The highest BCUT2D eigenvalue weighted by molar-refractivity contribution is 5.34. The molecule has 0 saturated heterocycles. The van der Waals surface area contributed by atoms with E-state index < -0.39 is 0 Å². The van der Waals surface area contributed by atoms with Crippen LogP contribution < -0.4 is 11.1 Å². The molecule has 1 aromatic rings. The van der Waals surface area contributed by atoms with Crippen LogP contribution in [0.25, 0.3) is 0 Å². The van der Waals surface area contributed by atoms with Crippen LogP contribution in [-0.4, -0.2) is 16.5 Å². The minimum absolute atomic E-state index is 0.522. The van der Waals surface area contributed by atoms with Crippen molar-refractivity contribution >= 4 is 11.8 Å². The molecule has 1 aromatic heterocycles. The van der Waals surface area contributed by atoms with Gasteiger partial charge in [0.2, 0.25) is 5.95 Å². The van der Waals surface area contributed by atoms with Gasteiger partial charge < -0.3 is 11.1 Å². The number of hydrogen-bond donors (Lipinski definition) is 2. The predicted molar refractivity (Wildman–Crippen MR) is 70.7 cm³/mol. The zero-order valence-electron chi connectivity index (χ0n) is 10.5. The third-order valence-corrected chi connectivity index (χ3v) is 3.65. The molecule has 1 fully saturated rings. The highest BCUT2D eigenvalue weighted by Crippen LogP contribution is 2.30. The number of anilines is 2. The molecule has 1 aliphatic rings. The van der Waals surface area contributed by atoms with Crippen LogP contribution in [0.1, 0.15) is 39.0 Å².